The number of hydrogen-bond donors (Lipinski definition) is 1. The van der Waals surface area contributed by atoms with Crippen LogP contribution in [0.1, 0.15) is 16.7 Å². The van der Waals surface area contributed by atoms with Crippen LogP contribution in [0.2, 0.25) is 0 Å². The molecule has 0 heterocycles. The highest BCUT2D eigenvalue weighted by Gasteiger charge is 2.05. The molecule has 3 aromatic carbocycles. The second-order valence-corrected chi connectivity index (χ2v) is 6.16. The molecule has 0 unspecified atom stereocenters. The van der Waals surface area contributed by atoms with Gasteiger partial charge in [-0.2, -0.15) is 5.26 Å². The molecule has 0 aliphatic carbocycles. The molecule has 0 saturated carbocycles. The lowest BCUT2D eigenvalue weighted by atomic mass is 10.1. The number of nitrogens with one attached hydrogen (secondary N) is 1. The minimum Gasteiger partial charge on any atom is -0.489 e. The summed E-state index contributed by atoms with van der Waals surface area (Å²) in [7, 11) is 0. The highest BCUT2D eigenvalue weighted by Crippen LogP contribution is 2.19. The first-order valence-electron chi connectivity index (χ1n) is 8.95. The SMILES string of the molecule is N#CCc1ccc(OCc2ccccc2NC(=O)C=Cc2ccccc2)cc1. The zero-order valence-electron chi connectivity index (χ0n) is 15.3. The fraction of sp³-hybridized carbons (Fsp3) is 0.0833. The normalized spacial score (nSPS) is 10.4. The number of carbonyl (C=O) groups excluding carboxylic acids is 1. The van der Waals surface area contributed by atoms with Gasteiger partial charge in [0.15, 0.2) is 0 Å². The van der Waals surface area contributed by atoms with Gasteiger partial charge in [0.1, 0.15) is 12.4 Å². The van der Waals surface area contributed by atoms with Crippen molar-refractivity contribution >= 4 is 17.7 Å². The van der Waals surface area contributed by atoms with Crippen molar-refractivity contribution in [1.82, 2.24) is 0 Å². The molecule has 0 fully saturated rings. The highest BCUT2D eigenvalue weighted by molar-refractivity contribution is 6.02. The van der Waals surface area contributed by atoms with Crippen LogP contribution in [-0.4, -0.2) is 5.91 Å². The van der Waals surface area contributed by atoms with Crippen LogP contribution in [-0.2, 0) is 17.8 Å². The Bertz CT molecular complexity index is 987. The maximum Gasteiger partial charge on any atom is 0.248 e. The van der Waals surface area contributed by atoms with Gasteiger partial charge in [0.05, 0.1) is 12.5 Å². The molecule has 1 N–H and O–H groups in total. The standard InChI is InChI=1S/C24H20N2O2/c25-17-16-20-10-13-22(14-11-20)28-18-21-8-4-5-9-23(21)26-24(27)15-12-19-6-2-1-3-7-19/h1-15H,16,18H2,(H,26,27). The Balaban J connectivity index is 1.61. The molecule has 0 aliphatic rings. The summed E-state index contributed by atoms with van der Waals surface area (Å²) >= 11 is 0. The van der Waals surface area contributed by atoms with Gasteiger partial charge >= 0.3 is 0 Å². The zero-order valence-corrected chi connectivity index (χ0v) is 15.3. The van der Waals surface area contributed by atoms with E-state index >= 15 is 0 Å². The number of benzene rings is 3. The van der Waals surface area contributed by atoms with Crippen LogP contribution in [0.5, 0.6) is 5.75 Å². The van der Waals surface area contributed by atoms with Gasteiger partial charge < -0.3 is 10.1 Å². The van der Waals surface area contributed by atoms with E-state index in [2.05, 4.69) is 11.4 Å². The molecule has 4 nitrogen and oxygen atoms in total. The summed E-state index contributed by atoms with van der Waals surface area (Å²) < 4.78 is 5.82. The van der Waals surface area contributed by atoms with Gasteiger partial charge in [-0.3, -0.25) is 4.79 Å². The molecule has 0 aliphatic heterocycles. The third-order valence-corrected chi connectivity index (χ3v) is 4.10. The average Bonchev–Trinajstić information content (AvgIpc) is 2.74. The van der Waals surface area contributed by atoms with Gasteiger partial charge in [-0.15, -0.1) is 0 Å². The summed E-state index contributed by atoms with van der Waals surface area (Å²) in [5, 5.41) is 11.6. The molecule has 0 saturated heterocycles. The van der Waals surface area contributed by atoms with E-state index in [1.54, 1.807) is 6.08 Å². The molecule has 0 radical (unpaired) electrons. The molecule has 0 atom stereocenters. The van der Waals surface area contributed by atoms with E-state index in [1.807, 2.05) is 78.9 Å². The van der Waals surface area contributed by atoms with E-state index in [9.17, 15) is 4.79 Å². The Kier molecular flexibility index (Phi) is 6.59. The smallest absolute Gasteiger partial charge is 0.248 e. The molecule has 0 bridgehead atoms. The number of carbonyl (C=O) groups is 1. The number of para-hydroxylation sites is 1. The summed E-state index contributed by atoms with van der Waals surface area (Å²) in [6.07, 6.45) is 3.67. The molecule has 3 rings (SSSR count). The van der Waals surface area contributed by atoms with Crippen molar-refractivity contribution in [2.24, 2.45) is 0 Å². The largest absolute Gasteiger partial charge is 0.489 e. The number of anilines is 1. The summed E-state index contributed by atoms with van der Waals surface area (Å²) in [6, 6.07) is 26.8. The minimum atomic E-state index is -0.197. The quantitative estimate of drug-likeness (QED) is 0.598. The molecule has 0 spiro atoms. The van der Waals surface area contributed by atoms with Crippen LogP contribution in [0.4, 0.5) is 5.69 Å². The van der Waals surface area contributed by atoms with E-state index in [4.69, 9.17) is 10.00 Å². The maximum absolute atomic E-state index is 12.2. The second-order valence-electron chi connectivity index (χ2n) is 6.16. The Morgan fingerprint density at radius 3 is 2.43 bits per heavy atom. The van der Waals surface area contributed by atoms with Crippen molar-refractivity contribution in [3.8, 4) is 11.8 Å². The predicted octanol–water partition coefficient (Wildman–Crippen LogP) is 4.98. The number of nitrogens with zero attached hydrogens (tertiary/aromatic N) is 1. The van der Waals surface area contributed by atoms with Crippen LogP contribution < -0.4 is 10.1 Å². The van der Waals surface area contributed by atoms with Crippen molar-refractivity contribution in [1.29, 1.82) is 5.26 Å². The van der Waals surface area contributed by atoms with Gasteiger partial charge in [-0.1, -0.05) is 60.7 Å². The van der Waals surface area contributed by atoms with E-state index in [1.165, 1.54) is 6.08 Å². The number of hydrogen-bond acceptors (Lipinski definition) is 3. The van der Waals surface area contributed by atoms with Crippen molar-refractivity contribution in [2.45, 2.75) is 13.0 Å². The van der Waals surface area contributed by atoms with E-state index in [0.29, 0.717) is 24.5 Å². The Morgan fingerprint density at radius 2 is 1.68 bits per heavy atom. The molecular formula is C24H20N2O2. The molecule has 138 valence electrons. The van der Waals surface area contributed by atoms with E-state index in [0.717, 1.165) is 16.7 Å². The molecule has 28 heavy (non-hydrogen) atoms. The lowest BCUT2D eigenvalue weighted by Gasteiger charge is -2.11. The predicted molar refractivity (Wildman–Crippen MR) is 111 cm³/mol. The minimum absolute atomic E-state index is 0.197. The summed E-state index contributed by atoms with van der Waals surface area (Å²) in [6.45, 7) is 0.330. The fourth-order valence-electron chi connectivity index (χ4n) is 2.63. The van der Waals surface area contributed by atoms with Gasteiger partial charge in [0.2, 0.25) is 5.91 Å². The third kappa shape index (κ3) is 5.58. The Labute approximate surface area is 164 Å². The summed E-state index contributed by atoms with van der Waals surface area (Å²) in [4.78, 5) is 12.2. The first-order valence-corrected chi connectivity index (χ1v) is 8.95. The average molecular weight is 368 g/mol. The van der Waals surface area contributed by atoms with Crippen LogP contribution in [0.15, 0.2) is 84.9 Å². The van der Waals surface area contributed by atoms with E-state index < -0.39 is 0 Å². The molecule has 4 heteroatoms. The van der Waals surface area contributed by atoms with E-state index in [-0.39, 0.29) is 5.91 Å². The number of rotatable bonds is 7. The number of ether oxygens (including phenoxy) is 1. The highest BCUT2D eigenvalue weighted by atomic mass is 16.5. The van der Waals surface area contributed by atoms with Gasteiger partial charge in [-0.05, 0) is 35.4 Å². The number of amides is 1. The first kappa shape index (κ1) is 18.9. The summed E-state index contributed by atoms with van der Waals surface area (Å²) in [5.74, 6) is 0.518. The van der Waals surface area contributed by atoms with Crippen molar-refractivity contribution in [3.05, 3.63) is 102 Å². The third-order valence-electron chi connectivity index (χ3n) is 4.10. The van der Waals surface area contributed by atoms with Crippen molar-refractivity contribution in [3.63, 3.8) is 0 Å². The molecule has 1 amide bonds. The lowest BCUT2D eigenvalue weighted by molar-refractivity contribution is -0.111. The topological polar surface area (TPSA) is 62.1 Å². The van der Waals surface area contributed by atoms with Gasteiger partial charge in [0.25, 0.3) is 0 Å². The van der Waals surface area contributed by atoms with Crippen LogP contribution in [0.3, 0.4) is 0 Å². The van der Waals surface area contributed by atoms with Crippen molar-refractivity contribution in [2.75, 3.05) is 5.32 Å². The van der Waals surface area contributed by atoms with Crippen LogP contribution in [0, 0.1) is 11.3 Å². The number of nitriles is 1. The Hall–Kier alpha value is -3.84. The van der Waals surface area contributed by atoms with Crippen LogP contribution in [0.25, 0.3) is 6.08 Å². The monoisotopic (exact) mass is 368 g/mol. The second kappa shape index (κ2) is 9.75. The first-order chi connectivity index (χ1) is 13.7. The maximum atomic E-state index is 12.2. The molecule has 0 aromatic heterocycles. The molecule has 3 aromatic rings. The lowest BCUT2D eigenvalue weighted by Crippen LogP contribution is -2.10. The summed E-state index contributed by atoms with van der Waals surface area (Å²) in [5.41, 5.74) is 3.51. The van der Waals surface area contributed by atoms with Gasteiger partial charge in [0, 0.05) is 17.3 Å². The zero-order chi connectivity index (χ0) is 19.6. The van der Waals surface area contributed by atoms with Gasteiger partial charge in [-0.25, -0.2) is 0 Å². The Morgan fingerprint density at radius 1 is 0.964 bits per heavy atom. The van der Waals surface area contributed by atoms with Crippen LogP contribution >= 0.6 is 0 Å². The van der Waals surface area contributed by atoms with Crippen molar-refractivity contribution < 1.29 is 9.53 Å². The molecular weight excluding hydrogens is 348 g/mol. The fourth-order valence-corrected chi connectivity index (χ4v) is 2.63.